The molecule has 7 nitrogen and oxygen atoms in total. The van der Waals surface area contributed by atoms with Crippen LogP contribution < -0.4 is 0 Å². The van der Waals surface area contributed by atoms with Gasteiger partial charge < -0.3 is 9.05 Å². The van der Waals surface area contributed by atoms with Gasteiger partial charge in [0.25, 0.3) is 0 Å². The molecule has 2 rings (SSSR count). The fraction of sp³-hybridized carbons (Fsp3) is 0.750. The van der Waals surface area contributed by atoms with E-state index in [4.69, 9.17) is 27.3 Å². The molecule has 0 aromatic rings. The van der Waals surface area contributed by atoms with Gasteiger partial charge in [0.15, 0.2) is 0 Å². The Hall–Kier alpha value is -0.240. The zero-order chi connectivity index (χ0) is 19.5. The molecule has 0 bridgehead atoms. The predicted molar refractivity (Wildman–Crippen MR) is 109 cm³/mol. The molecule has 4 unspecified atom stereocenters. The van der Waals surface area contributed by atoms with Crippen molar-refractivity contribution >= 4 is 26.0 Å². The van der Waals surface area contributed by atoms with Gasteiger partial charge in [0.1, 0.15) is 0 Å². The van der Waals surface area contributed by atoms with Crippen LogP contribution in [0.5, 0.6) is 0 Å². The Morgan fingerprint density at radius 1 is 1.15 bits per heavy atom. The maximum atomic E-state index is 13.1. The van der Waals surface area contributed by atoms with Crippen LogP contribution in [0.2, 0.25) is 0 Å². The van der Waals surface area contributed by atoms with Crippen molar-refractivity contribution in [2.24, 2.45) is 11.8 Å². The Balaban J connectivity index is 1.93. The highest BCUT2D eigenvalue weighted by Crippen LogP contribution is 2.55. The van der Waals surface area contributed by atoms with Crippen LogP contribution in [0.3, 0.4) is 0 Å². The normalized spacial score (nSPS) is 36.5. The van der Waals surface area contributed by atoms with Crippen LogP contribution in [-0.2, 0) is 25.4 Å². The molecule has 2 aliphatic rings. The summed E-state index contributed by atoms with van der Waals surface area (Å²) in [6, 6.07) is 0. The molecule has 0 spiro atoms. The van der Waals surface area contributed by atoms with E-state index in [1.165, 1.54) is 0 Å². The summed E-state index contributed by atoms with van der Waals surface area (Å²) in [4.78, 5) is 0. The molecular formula is C16H28N4O3P2S. The Morgan fingerprint density at radius 3 is 2.31 bits per heavy atom. The maximum Gasteiger partial charge on any atom is 0.346 e. The van der Waals surface area contributed by atoms with Crippen molar-refractivity contribution in [1.82, 2.24) is 18.7 Å². The smallest absolute Gasteiger partial charge is 0.325 e. The van der Waals surface area contributed by atoms with Gasteiger partial charge in [0.05, 0.1) is 31.6 Å². The van der Waals surface area contributed by atoms with E-state index in [2.05, 4.69) is 22.4 Å². The van der Waals surface area contributed by atoms with Crippen LogP contribution >= 0.6 is 14.2 Å². The molecule has 0 N–H and O–H groups in total. The fourth-order valence-electron chi connectivity index (χ4n) is 2.88. The quantitative estimate of drug-likeness (QED) is 0.506. The second kappa shape index (κ2) is 8.84. The Morgan fingerprint density at radius 2 is 1.77 bits per heavy atom. The van der Waals surface area contributed by atoms with Gasteiger partial charge in [-0.3, -0.25) is 4.57 Å². The van der Waals surface area contributed by atoms with E-state index in [9.17, 15) is 4.57 Å². The van der Waals surface area contributed by atoms with Gasteiger partial charge in [-0.2, -0.15) is 0 Å². The largest absolute Gasteiger partial charge is 0.346 e. The molecule has 26 heavy (non-hydrogen) atoms. The van der Waals surface area contributed by atoms with Gasteiger partial charge in [-0.25, -0.2) is 18.7 Å². The van der Waals surface area contributed by atoms with Crippen LogP contribution in [0.25, 0.3) is 0 Å². The first-order valence-corrected chi connectivity index (χ1v) is 12.6. The molecule has 0 radical (unpaired) electrons. The average molecular weight is 418 g/mol. The van der Waals surface area contributed by atoms with E-state index >= 15 is 0 Å². The first-order chi connectivity index (χ1) is 12.1. The van der Waals surface area contributed by atoms with Crippen molar-refractivity contribution in [1.29, 1.82) is 0 Å². The van der Waals surface area contributed by atoms with Gasteiger partial charge in [0.2, 0.25) is 6.57 Å². The lowest BCUT2D eigenvalue weighted by atomic mass is 10.1. The highest BCUT2D eigenvalue weighted by atomic mass is 32.5. The minimum absolute atomic E-state index is 0.0322. The summed E-state index contributed by atoms with van der Waals surface area (Å²) < 4.78 is 32.0. The molecule has 2 fully saturated rings. The average Bonchev–Trinajstić information content (AvgIpc) is 2.60. The zero-order valence-corrected chi connectivity index (χ0v) is 18.7. The molecule has 0 saturated carbocycles. The number of hydrogen-bond donors (Lipinski definition) is 0. The third-order valence-corrected chi connectivity index (χ3v) is 11.7. The Labute approximate surface area is 162 Å². The number of rotatable bonds is 3. The van der Waals surface area contributed by atoms with E-state index in [-0.39, 0.29) is 11.8 Å². The van der Waals surface area contributed by atoms with Crippen molar-refractivity contribution < 1.29 is 13.6 Å². The molecule has 0 aromatic carbocycles. The SMILES string of the molecule is C#CC1COP(=O)(N(C)CC#CC2COP(=S)(N(C)C)N(C)C2)N(C)C1. The molecule has 0 aliphatic carbocycles. The van der Waals surface area contributed by atoms with E-state index in [1.54, 1.807) is 23.4 Å². The number of nitrogens with zero attached hydrogens (tertiary/aromatic N) is 4. The van der Waals surface area contributed by atoms with E-state index in [0.29, 0.717) is 26.3 Å². The fourth-order valence-corrected chi connectivity index (χ4v) is 7.02. The third-order valence-electron chi connectivity index (χ3n) is 4.51. The van der Waals surface area contributed by atoms with Crippen LogP contribution in [0.15, 0.2) is 0 Å². The van der Waals surface area contributed by atoms with E-state index in [1.807, 2.05) is 25.8 Å². The molecule has 10 heteroatoms. The number of terminal acetylenes is 1. The summed E-state index contributed by atoms with van der Waals surface area (Å²) in [6.07, 6.45) is 5.44. The van der Waals surface area contributed by atoms with Gasteiger partial charge in [-0.05, 0) is 47.0 Å². The second-order valence-electron chi connectivity index (χ2n) is 6.80. The Kier molecular flexibility index (Phi) is 7.50. The molecule has 2 heterocycles. The standard InChI is InChI=1S/C16H28N4O3P2S/c1-7-15-11-19(5)24(21,22-13-15)18(4)10-8-9-16-12-20(6)25(26,17(2)3)23-14-16/h1,15-16H,10-14H2,2-6H3. The topological polar surface area (TPSA) is 48.5 Å². The highest BCUT2D eigenvalue weighted by molar-refractivity contribution is 8.09. The summed E-state index contributed by atoms with van der Waals surface area (Å²) in [5, 5.41) is 0. The first-order valence-electron chi connectivity index (χ1n) is 8.39. The van der Waals surface area contributed by atoms with Gasteiger partial charge in [0, 0.05) is 13.1 Å². The molecule has 0 aromatic heterocycles. The minimum atomic E-state index is -3.05. The minimum Gasteiger partial charge on any atom is -0.325 e. The molecule has 2 saturated heterocycles. The monoisotopic (exact) mass is 418 g/mol. The maximum absolute atomic E-state index is 13.1. The summed E-state index contributed by atoms with van der Waals surface area (Å²) in [5.41, 5.74) is 0. The Bertz CT molecular complexity index is 715. The molecular weight excluding hydrogens is 390 g/mol. The van der Waals surface area contributed by atoms with Crippen molar-refractivity contribution in [3.8, 4) is 24.2 Å². The summed E-state index contributed by atoms with van der Waals surface area (Å²) in [6.45, 7) is 0.430. The van der Waals surface area contributed by atoms with Crippen LogP contribution in [0.1, 0.15) is 0 Å². The lowest BCUT2D eigenvalue weighted by Crippen LogP contribution is -2.38. The van der Waals surface area contributed by atoms with Crippen LogP contribution in [0.4, 0.5) is 0 Å². The third kappa shape index (κ3) is 4.59. The highest BCUT2D eigenvalue weighted by Gasteiger charge is 2.39. The van der Waals surface area contributed by atoms with Crippen molar-refractivity contribution in [3.63, 3.8) is 0 Å². The predicted octanol–water partition coefficient (Wildman–Crippen LogP) is 1.61. The van der Waals surface area contributed by atoms with E-state index < -0.39 is 14.2 Å². The summed E-state index contributed by atoms with van der Waals surface area (Å²) in [5.74, 6) is 9.04. The van der Waals surface area contributed by atoms with Crippen molar-refractivity contribution in [2.45, 2.75) is 0 Å². The first kappa shape index (κ1) is 22.1. The molecule has 0 amide bonds. The molecule has 146 valence electrons. The van der Waals surface area contributed by atoms with Crippen molar-refractivity contribution in [3.05, 3.63) is 0 Å². The van der Waals surface area contributed by atoms with Gasteiger partial charge in [-0.15, -0.1) is 6.42 Å². The molecule has 2 aliphatic heterocycles. The summed E-state index contributed by atoms with van der Waals surface area (Å²) >= 11 is 5.65. The summed E-state index contributed by atoms with van der Waals surface area (Å²) in [7, 11) is 6.35. The van der Waals surface area contributed by atoms with Crippen LogP contribution in [-0.4, -0.2) is 86.8 Å². The van der Waals surface area contributed by atoms with Gasteiger partial charge in [-0.1, -0.05) is 17.8 Å². The lowest BCUT2D eigenvalue weighted by molar-refractivity contribution is 0.163. The number of hydrogen-bond acceptors (Lipinski definition) is 4. The van der Waals surface area contributed by atoms with Gasteiger partial charge >= 0.3 is 7.67 Å². The molecule has 4 atom stereocenters. The van der Waals surface area contributed by atoms with E-state index in [0.717, 1.165) is 6.54 Å². The van der Waals surface area contributed by atoms with Crippen molar-refractivity contribution in [2.75, 3.05) is 68.1 Å². The lowest BCUT2D eigenvalue weighted by Gasteiger charge is -2.41. The second-order valence-corrected chi connectivity index (χ2v) is 13.6. The zero-order valence-electron chi connectivity index (χ0n) is 16.1. The van der Waals surface area contributed by atoms with Crippen LogP contribution in [0, 0.1) is 36.0 Å².